The second-order valence-corrected chi connectivity index (χ2v) is 5.14. The van der Waals surface area contributed by atoms with Crippen molar-refractivity contribution in [2.45, 2.75) is 38.4 Å². The molecule has 2 heterocycles. The molecule has 134 valence electrons. The Morgan fingerprint density at radius 3 is 3.08 bits per heavy atom. The van der Waals surface area contributed by atoms with Crippen LogP contribution in [0.4, 0.5) is 4.79 Å². The van der Waals surface area contributed by atoms with Crippen LogP contribution in [-0.2, 0) is 18.9 Å². The van der Waals surface area contributed by atoms with Crippen molar-refractivity contribution in [3.05, 3.63) is 24.7 Å². The number of amidine groups is 1. The van der Waals surface area contributed by atoms with E-state index >= 15 is 0 Å². The fraction of sp³-hybridized carbons (Fsp3) is 0.571. The van der Waals surface area contributed by atoms with Crippen molar-refractivity contribution in [3.63, 3.8) is 0 Å². The number of aliphatic hydroxyl groups is 1. The normalized spacial score (nSPS) is 24.5. The van der Waals surface area contributed by atoms with E-state index in [0.29, 0.717) is 11.7 Å². The average Bonchev–Trinajstić information content (AvgIpc) is 2.99. The van der Waals surface area contributed by atoms with Crippen LogP contribution >= 0.6 is 0 Å². The van der Waals surface area contributed by atoms with Crippen molar-refractivity contribution >= 4 is 12.0 Å². The Morgan fingerprint density at radius 1 is 1.62 bits per heavy atom. The highest BCUT2D eigenvalue weighted by atomic mass is 16.8. The molecule has 0 aromatic heterocycles. The first-order chi connectivity index (χ1) is 11.5. The predicted molar refractivity (Wildman–Crippen MR) is 80.4 cm³/mol. The van der Waals surface area contributed by atoms with Crippen LogP contribution in [-0.4, -0.2) is 59.2 Å². The van der Waals surface area contributed by atoms with Gasteiger partial charge in [-0.15, -0.1) is 0 Å². The van der Waals surface area contributed by atoms with Crippen LogP contribution in [0.15, 0.2) is 29.7 Å². The number of aliphatic hydroxyl groups excluding tert-OH is 1. The van der Waals surface area contributed by atoms with Gasteiger partial charge < -0.3 is 29.0 Å². The molecule has 0 aromatic rings. The lowest BCUT2D eigenvalue weighted by Gasteiger charge is -2.29. The number of carbonyl (C=O) groups is 1. The van der Waals surface area contributed by atoms with Gasteiger partial charge in [0.15, 0.2) is 12.6 Å². The Morgan fingerprint density at radius 2 is 2.42 bits per heavy atom. The van der Waals surface area contributed by atoms with Gasteiger partial charge in [-0.2, -0.15) is 0 Å². The molecule has 1 saturated heterocycles. The number of hydrogen-bond donors (Lipinski definition) is 3. The van der Waals surface area contributed by atoms with Gasteiger partial charge in [-0.25, -0.2) is 9.79 Å². The number of nitrogens with one attached hydrogen (secondary N) is 1. The van der Waals surface area contributed by atoms with Crippen molar-refractivity contribution in [3.8, 4) is 0 Å². The van der Waals surface area contributed by atoms with Crippen LogP contribution in [0.3, 0.4) is 0 Å². The molecule has 2 rings (SSSR count). The van der Waals surface area contributed by atoms with E-state index in [9.17, 15) is 4.79 Å². The summed E-state index contributed by atoms with van der Waals surface area (Å²) in [6, 6.07) is 0. The summed E-state index contributed by atoms with van der Waals surface area (Å²) in [7, 11) is 0. The fourth-order valence-electron chi connectivity index (χ4n) is 2.25. The van der Waals surface area contributed by atoms with Gasteiger partial charge in [-0.3, -0.25) is 10.7 Å². The largest absolute Gasteiger partial charge is 0.512 e. The predicted octanol–water partition coefficient (Wildman–Crippen LogP) is 0.635. The zero-order chi connectivity index (χ0) is 17.5. The van der Waals surface area contributed by atoms with Gasteiger partial charge in [0.1, 0.15) is 12.0 Å². The molecule has 3 unspecified atom stereocenters. The van der Waals surface area contributed by atoms with E-state index < -0.39 is 12.4 Å². The van der Waals surface area contributed by atoms with Gasteiger partial charge in [-0.05, 0) is 25.8 Å². The zero-order valence-electron chi connectivity index (χ0n) is 13.3. The molecule has 2 aliphatic heterocycles. The quantitative estimate of drug-likeness (QED) is 0.276. The second-order valence-electron chi connectivity index (χ2n) is 5.14. The highest BCUT2D eigenvalue weighted by Gasteiger charge is 2.31. The summed E-state index contributed by atoms with van der Waals surface area (Å²) in [5.74, 6) is 0.750. The summed E-state index contributed by atoms with van der Waals surface area (Å²) in [6.45, 7) is 5.06. The van der Waals surface area contributed by atoms with Crippen molar-refractivity contribution in [1.29, 1.82) is 0 Å². The van der Waals surface area contributed by atoms with Crippen molar-refractivity contribution in [2.24, 2.45) is 4.99 Å². The maximum atomic E-state index is 11.0. The van der Waals surface area contributed by atoms with Crippen molar-refractivity contribution in [1.82, 2.24) is 10.4 Å². The molecule has 1 fully saturated rings. The highest BCUT2D eigenvalue weighted by Crippen LogP contribution is 2.27. The van der Waals surface area contributed by atoms with Gasteiger partial charge in [0.25, 0.3) is 0 Å². The number of hydrogen-bond acceptors (Lipinski definition) is 10. The molecule has 0 amide bonds. The fourth-order valence-corrected chi connectivity index (χ4v) is 2.25. The molecule has 2 aliphatic rings. The Hall–Kier alpha value is -2.14. The molecule has 24 heavy (non-hydrogen) atoms. The molecule has 0 radical (unpaired) electrons. The Bertz CT molecular complexity index is 520. The molecule has 3 N–H and O–H groups in total. The smallest absolute Gasteiger partial charge is 0.407 e. The summed E-state index contributed by atoms with van der Waals surface area (Å²) in [5, 5.41) is 17.6. The minimum absolute atomic E-state index is 0.158. The molecule has 0 bridgehead atoms. The molecule has 10 heteroatoms. The third-order valence-corrected chi connectivity index (χ3v) is 3.28. The van der Waals surface area contributed by atoms with Crippen LogP contribution in [0.5, 0.6) is 0 Å². The number of nitrogens with zero attached hydrogens (tertiary/aromatic N) is 2. The Labute approximate surface area is 138 Å². The van der Waals surface area contributed by atoms with Gasteiger partial charge in [0.2, 0.25) is 6.29 Å². The van der Waals surface area contributed by atoms with E-state index in [-0.39, 0.29) is 25.7 Å². The molecule has 3 atom stereocenters. The number of carbonyl (C=O) groups excluding carboxylic acids is 1. The van der Waals surface area contributed by atoms with Crippen LogP contribution in [0.1, 0.15) is 19.8 Å². The molecular weight excluding hydrogens is 322 g/mol. The zero-order valence-corrected chi connectivity index (χ0v) is 13.3. The van der Waals surface area contributed by atoms with E-state index in [2.05, 4.69) is 21.0 Å². The highest BCUT2D eigenvalue weighted by molar-refractivity contribution is 5.93. The number of ether oxygens (including phenoxy) is 4. The van der Waals surface area contributed by atoms with E-state index in [0.717, 1.165) is 12.8 Å². The van der Waals surface area contributed by atoms with E-state index in [1.807, 2.05) is 5.48 Å². The van der Waals surface area contributed by atoms with Crippen LogP contribution in [0, 0.1) is 0 Å². The van der Waals surface area contributed by atoms with Crippen LogP contribution in [0.2, 0.25) is 0 Å². The van der Waals surface area contributed by atoms with E-state index in [4.69, 9.17) is 19.8 Å². The third kappa shape index (κ3) is 5.20. The molecule has 0 spiro atoms. The first-order valence-electron chi connectivity index (χ1n) is 7.38. The van der Waals surface area contributed by atoms with Crippen molar-refractivity contribution in [2.75, 3.05) is 13.4 Å². The monoisotopic (exact) mass is 343 g/mol. The number of aliphatic imine (C=N–C) groups is 1. The molecule has 10 nitrogen and oxygen atoms in total. The molecule has 0 aromatic carbocycles. The standard InChI is InChI=1S/C14H21N3O7/c1-9-15-12(16-20)5-6-17(9)13-4-3-11(24-13)7-21-8-22-14(19)23-10(2)18/h5-6,10-11,13,18,20H,1,3-4,7-8H2,2H3,(H,15,16). The van der Waals surface area contributed by atoms with E-state index in [1.54, 1.807) is 17.2 Å². The first kappa shape index (κ1) is 18.2. The average molecular weight is 343 g/mol. The van der Waals surface area contributed by atoms with Gasteiger partial charge in [0, 0.05) is 6.20 Å². The summed E-state index contributed by atoms with van der Waals surface area (Å²) < 4.78 is 20.0. The Kier molecular flexibility index (Phi) is 6.55. The lowest BCUT2D eigenvalue weighted by Crippen LogP contribution is -2.34. The summed E-state index contributed by atoms with van der Waals surface area (Å²) in [4.78, 5) is 16.8. The Balaban J connectivity index is 1.67. The first-order valence-corrected chi connectivity index (χ1v) is 7.38. The molecule has 0 saturated carbocycles. The summed E-state index contributed by atoms with van der Waals surface area (Å²) in [5.41, 5.74) is 1.96. The van der Waals surface area contributed by atoms with Crippen LogP contribution in [0.25, 0.3) is 0 Å². The minimum atomic E-state index is -1.23. The van der Waals surface area contributed by atoms with Gasteiger partial charge >= 0.3 is 6.16 Å². The van der Waals surface area contributed by atoms with Crippen molar-refractivity contribution < 1.29 is 34.1 Å². The number of hydroxylamine groups is 1. The summed E-state index contributed by atoms with van der Waals surface area (Å²) in [6.07, 6.45) is 2.21. The second kappa shape index (κ2) is 8.64. The molecular formula is C14H21N3O7. The lowest BCUT2D eigenvalue weighted by molar-refractivity contribution is -0.115. The minimum Gasteiger partial charge on any atom is -0.407 e. The molecule has 0 aliphatic carbocycles. The lowest BCUT2D eigenvalue weighted by atomic mass is 10.2. The topological polar surface area (TPSA) is 122 Å². The summed E-state index contributed by atoms with van der Waals surface area (Å²) >= 11 is 0. The van der Waals surface area contributed by atoms with E-state index in [1.165, 1.54) is 6.92 Å². The van der Waals surface area contributed by atoms with Gasteiger partial charge in [-0.1, -0.05) is 6.58 Å². The third-order valence-electron chi connectivity index (χ3n) is 3.28. The maximum absolute atomic E-state index is 11.0. The van der Waals surface area contributed by atoms with Gasteiger partial charge in [0.05, 0.1) is 12.7 Å². The van der Waals surface area contributed by atoms with Crippen LogP contribution < -0.4 is 5.48 Å². The number of rotatable bonds is 6. The SMILES string of the molecule is C=C1N=C(NO)C=CN1C1CCC(COCOC(=O)OC(C)O)O1. The maximum Gasteiger partial charge on any atom is 0.512 e.